The Bertz CT molecular complexity index is 1260. The zero-order valence-electron chi connectivity index (χ0n) is 18.7. The van der Waals surface area contributed by atoms with Crippen LogP contribution in [-0.4, -0.2) is 42.2 Å². The van der Waals surface area contributed by atoms with Gasteiger partial charge in [-0.25, -0.2) is 9.59 Å². The van der Waals surface area contributed by atoms with E-state index in [1.54, 1.807) is 6.92 Å². The molecule has 3 N–H and O–H groups in total. The molecule has 1 aliphatic carbocycles. The van der Waals surface area contributed by atoms with Gasteiger partial charge in [-0.05, 0) is 46.9 Å². The van der Waals surface area contributed by atoms with Crippen molar-refractivity contribution in [2.24, 2.45) is 0 Å². The highest BCUT2D eigenvalue weighted by Crippen LogP contribution is 2.44. The van der Waals surface area contributed by atoms with Crippen LogP contribution in [0.4, 0.5) is 19.3 Å². The monoisotopic (exact) mass is 480 g/mol. The van der Waals surface area contributed by atoms with Crippen molar-refractivity contribution in [2.75, 3.05) is 18.5 Å². The maximum absolute atomic E-state index is 13.2. The molecule has 0 bridgehead atoms. The minimum Gasteiger partial charge on any atom is -0.477 e. The lowest BCUT2D eigenvalue weighted by Gasteiger charge is -2.16. The average molecular weight is 480 g/mol. The van der Waals surface area contributed by atoms with Crippen molar-refractivity contribution in [3.63, 3.8) is 0 Å². The first-order valence-electron chi connectivity index (χ1n) is 10.8. The molecular weight excluding hydrogens is 458 g/mol. The Hall–Kier alpha value is -4.27. The van der Waals surface area contributed by atoms with Crippen molar-refractivity contribution in [2.45, 2.75) is 18.8 Å². The van der Waals surface area contributed by atoms with Gasteiger partial charge in [0.1, 0.15) is 6.61 Å². The zero-order chi connectivity index (χ0) is 25.2. The molecule has 0 spiro atoms. The number of anilines is 1. The van der Waals surface area contributed by atoms with Crippen LogP contribution >= 0.6 is 0 Å². The summed E-state index contributed by atoms with van der Waals surface area (Å²) in [4.78, 5) is 35.3. The lowest BCUT2D eigenvalue weighted by atomic mass is 9.98. The van der Waals surface area contributed by atoms with E-state index in [2.05, 4.69) is 5.32 Å². The van der Waals surface area contributed by atoms with Gasteiger partial charge in [0.15, 0.2) is 0 Å². The molecule has 0 fully saturated rings. The Kier molecular flexibility index (Phi) is 6.50. The standard InChI is InChI=1S/C26H22F2N2O5/c1-15-10-11-16(23(31)29-14-26(27,28)24(32)33)12-22(15)30-25(34)35-13-21-19-8-4-2-6-17(19)18-7-3-5-9-20(18)21/h2-12,21H,13-14H2,1H3,(H,29,31)(H,30,34)(H,32,33). The highest BCUT2D eigenvalue weighted by Gasteiger charge is 2.39. The molecule has 0 saturated carbocycles. The van der Waals surface area contributed by atoms with E-state index in [1.807, 2.05) is 53.8 Å². The number of halogens is 2. The summed E-state index contributed by atoms with van der Waals surface area (Å²) < 4.78 is 32.0. The summed E-state index contributed by atoms with van der Waals surface area (Å²) in [5.74, 6) is -7.45. The molecule has 0 radical (unpaired) electrons. The summed E-state index contributed by atoms with van der Waals surface area (Å²) in [6.45, 7) is 0.437. The molecule has 0 unspecified atom stereocenters. The molecule has 0 saturated heterocycles. The number of carboxylic acid groups (broad SMARTS) is 1. The van der Waals surface area contributed by atoms with E-state index in [4.69, 9.17) is 9.84 Å². The van der Waals surface area contributed by atoms with Gasteiger partial charge >= 0.3 is 18.0 Å². The third-order valence-electron chi connectivity index (χ3n) is 5.86. The number of benzene rings is 3. The van der Waals surface area contributed by atoms with Crippen LogP contribution < -0.4 is 10.6 Å². The van der Waals surface area contributed by atoms with Crippen LogP contribution in [0.1, 0.15) is 33.0 Å². The minimum absolute atomic E-state index is 0.0225. The third-order valence-corrected chi connectivity index (χ3v) is 5.86. The molecule has 1 aliphatic rings. The van der Waals surface area contributed by atoms with Crippen molar-refractivity contribution in [1.82, 2.24) is 5.32 Å². The van der Waals surface area contributed by atoms with Gasteiger partial charge < -0.3 is 15.2 Å². The quantitative estimate of drug-likeness (QED) is 0.450. The molecule has 180 valence electrons. The smallest absolute Gasteiger partial charge is 0.411 e. The van der Waals surface area contributed by atoms with E-state index in [1.165, 1.54) is 18.2 Å². The summed E-state index contributed by atoms with van der Waals surface area (Å²) in [6, 6.07) is 20.1. The van der Waals surface area contributed by atoms with Crippen molar-refractivity contribution in [3.05, 3.63) is 89.0 Å². The predicted octanol–water partition coefficient (Wildman–Crippen LogP) is 4.81. The number of carbonyl (C=O) groups is 3. The maximum atomic E-state index is 13.2. The molecule has 0 aliphatic heterocycles. The predicted molar refractivity (Wildman–Crippen MR) is 125 cm³/mol. The summed E-state index contributed by atoms with van der Waals surface area (Å²) in [6.07, 6.45) is -0.732. The first-order valence-corrected chi connectivity index (χ1v) is 10.8. The number of ether oxygens (including phenoxy) is 1. The molecule has 9 heteroatoms. The van der Waals surface area contributed by atoms with E-state index in [0.29, 0.717) is 5.56 Å². The van der Waals surface area contributed by atoms with Crippen LogP contribution in [0, 0.1) is 6.92 Å². The Labute approximate surface area is 199 Å². The van der Waals surface area contributed by atoms with E-state index in [-0.39, 0.29) is 23.8 Å². The highest BCUT2D eigenvalue weighted by atomic mass is 19.3. The fraction of sp³-hybridized carbons (Fsp3) is 0.192. The number of hydrogen-bond donors (Lipinski definition) is 3. The molecule has 2 amide bonds. The molecule has 0 aromatic heterocycles. The number of aliphatic carboxylic acids is 1. The summed E-state index contributed by atoms with van der Waals surface area (Å²) >= 11 is 0. The summed E-state index contributed by atoms with van der Waals surface area (Å²) in [5.41, 5.74) is 5.18. The van der Waals surface area contributed by atoms with E-state index < -0.39 is 30.4 Å². The van der Waals surface area contributed by atoms with Gasteiger partial charge in [0.25, 0.3) is 5.91 Å². The SMILES string of the molecule is Cc1ccc(C(=O)NCC(F)(F)C(=O)O)cc1NC(=O)OCC1c2ccccc2-c2ccccc21. The number of amides is 2. The molecular formula is C26H22F2N2O5. The van der Waals surface area contributed by atoms with E-state index in [0.717, 1.165) is 22.3 Å². The van der Waals surface area contributed by atoms with Crippen molar-refractivity contribution >= 4 is 23.7 Å². The molecule has 0 atom stereocenters. The van der Waals surface area contributed by atoms with Crippen LogP contribution in [-0.2, 0) is 9.53 Å². The maximum Gasteiger partial charge on any atom is 0.411 e. The first-order chi connectivity index (χ1) is 16.7. The molecule has 3 aromatic carbocycles. The van der Waals surface area contributed by atoms with Crippen LogP contribution in [0.15, 0.2) is 66.7 Å². The van der Waals surface area contributed by atoms with Crippen molar-refractivity contribution in [1.29, 1.82) is 0 Å². The zero-order valence-corrected chi connectivity index (χ0v) is 18.7. The lowest BCUT2D eigenvalue weighted by molar-refractivity contribution is -0.163. The van der Waals surface area contributed by atoms with Gasteiger partial charge in [0, 0.05) is 17.2 Å². The number of fused-ring (bicyclic) bond motifs is 3. The second kappa shape index (κ2) is 9.54. The number of rotatable bonds is 7. The third kappa shape index (κ3) is 4.98. The minimum atomic E-state index is -4.09. The summed E-state index contributed by atoms with van der Waals surface area (Å²) in [5, 5.41) is 13.0. The Morgan fingerprint density at radius 2 is 1.57 bits per heavy atom. The second-order valence-electron chi connectivity index (χ2n) is 8.17. The van der Waals surface area contributed by atoms with Crippen LogP contribution in [0.5, 0.6) is 0 Å². The average Bonchev–Trinajstić information content (AvgIpc) is 3.16. The Morgan fingerprint density at radius 1 is 0.971 bits per heavy atom. The number of carboxylic acids is 1. The topological polar surface area (TPSA) is 105 Å². The molecule has 0 heterocycles. The first kappa shape index (κ1) is 23.9. The van der Waals surface area contributed by atoms with Crippen LogP contribution in [0.2, 0.25) is 0 Å². The van der Waals surface area contributed by atoms with Crippen molar-refractivity contribution < 1.29 is 33.0 Å². The van der Waals surface area contributed by atoms with Gasteiger partial charge in [0.05, 0.1) is 6.54 Å². The Balaban J connectivity index is 1.42. The van der Waals surface area contributed by atoms with Crippen molar-refractivity contribution in [3.8, 4) is 11.1 Å². The van der Waals surface area contributed by atoms with E-state index in [9.17, 15) is 23.2 Å². The number of alkyl halides is 2. The molecule has 4 rings (SSSR count). The van der Waals surface area contributed by atoms with Gasteiger partial charge in [-0.1, -0.05) is 54.6 Å². The fourth-order valence-electron chi connectivity index (χ4n) is 4.01. The summed E-state index contributed by atoms with van der Waals surface area (Å²) in [7, 11) is 0. The van der Waals surface area contributed by atoms with E-state index >= 15 is 0 Å². The van der Waals surface area contributed by atoms with Crippen LogP contribution in [0.3, 0.4) is 0 Å². The number of carbonyl (C=O) groups excluding carboxylic acids is 2. The van der Waals surface area contributed by atoms with Gasteiger partial charge in [-0.3, -0.25) is 10.1 Å². The lowest BCUT2D eigenvalue weighted by Crippen LogP contribution is -2.42. The van der Waals surface area contributed by atoms with Gasteiger partial charge in [-0.2, -0.15) is 8.78 Å². The van der Waals surface area contributed by atoms with Gasteiger partial charge in [0.2, 0.25) is 0 Å². The fourth-order valence-corrected chi connectivity index (χ4v) is 4.01. The normalized spacial score (nSPS) is 12.4. The largest absolute Gasteiger partial charge is 0.477 e. The highest BCUT2D eigenvalue weighted by molar-refractivity contribution is 5.97. The number of aryl methyl sites for hydroxylation is 1. The molecule has 3 aromatic rings. The Morgan fingerprint density at radius 3 is 2.17 bits per heavy atom. The number of hydrogen-bond acceptors (Lipinski definition) is 4. The van der Waals surface area contributed by atoms with Crippen LogP contribution in [0.25, 0.3) is 11.1 Å². The number of nitrogens with one attached hydrogen (secondary N) is 2. The molecule has 35 heavy (non-hydrogen) atoms. The second-order valence-corrected chi connectivity index (χ2v) is 8.17. The van der Waals surface area contributed by atoms with Gasteiger partial charge in [-0.15, -0.1) is 0 Å². The molecule has 7 nitrogen and oxygen atoms in total.